The number of imidazole rings is 1. The standard InChI is InChI=1S/C24H27ClF2N8O3S/c1-13-28-22(33(2)32-13)14-8-9-15(17(11-14)34(3)39(4,36)37)29-16-12-18(25)30-23-20(16)31-24(21(26)27)35(23)19-7-5-6-10-38-19/h8-9,11-12,19,21H,5-7,10H2,1-4H3,(H,29,30). The lowest BCUT2D eigenvalue weighted by Crippen LogP contribution is -2.25. The van der Waals surface area contributed by atoms with Gasteiger partial charge in [0, 0.05) is 32.3 Å². The van der Waals surface area contributed by atoms with Gasteiger partial charge in [-0.3, -0.25) is 8.87 Å². The summed E-state index contributed by atoms with van der Waals surface area (Å²) < 4.78 is 63.1. The zero-order chi connectivity index (χ0) is 28.1. The van der Waals surface area contributed by atoms with E-state index in [9.17, 15) is 17.2 Å². The fraction of sp³-hybridized carbons (Fsp3) is 0.417. The first-order valence-electron chi connectivity index (χ1n) is 12.1. The van der Waals surface area contributed by atoms with Crippen molar-refractivity contribution in [1.29, 1.82) is 0 Å². The molecule has 4 aromatic rings. The summed E-state index contributed by atoms with van der Waals surface area (Å²) in [5, 5.41) is 7.47. The number of pyridine rings is 1. The molecule has 0 bridgehead atoms. The van der Waals surface area contributed by atoms with E-state index in [-0.39, 0.29) is 22.0 Å². The second kappa shape index (κ2) is 10.3. The van der Waals surface area contributed by atoms with Gasteiger partial charge in [0.25, 0.3) is 6.43 Å². The maximum absolute atomic E-state index is 14.1. The lowest BCUT2D eigenvalue weighted by atomic mass is 10.1. The molecule has 0 amide bonds. The predicted molar refractivity (Wildman–Crippen MR) is 144 cm³/mol. The number of hydrogen-bond acceptors (Lipinski definition) is 8. The maximum atomic E-state index is 14.1. The van der Waals surface area contributed by atoms with Crippen molar-refractivity contribution >= 4 is 49.9 Å². The summed E-state index contributed by atoms with van der Waals surface area (Å²) in [6.07, 6.45) is -0.247. The highest BCUT2D eigenvalue weighted by Gasteiger charge is 2.29. The van der Waals surface area contributed by atoms with Crippen molar-refractivity contribution < 1.29 is 21.9 Å². The summed E-state index contributed by atoms with van der Waals surface area (Å²) in [6, 6.07) is 6.55. The van der Waals surface area contributed by atoms with Crippen LogP contribution in [0.1, 0.15) is 43.6 Å². The fourth-order valence-corrected chi connectivity index (χ4v) is 5.33. The molecule has 1 aromatic carbocycles. The molecule has 3 aromatic heterocycles. The minimum absolute atomic E-state index is 0.0481. The minimum atomic E-state index is -3.68. The first kappa shape index (κ1) is 27.2. The van der Waals surface area contributed by atoms with Crippen molar-refractivity contribution in [3.63, 3.8) is 0 Å². The van der Waals surface area contributed by atoms with Crippen molar-refractivity contribution in [3.05, 3.63) is 41.1 Å². The van der Waals surface area contributed by atoms with E-state index in [0.29, 0.717) is 41.6 Å². The van der Waals surface area contributed by atoms with E-state index in [1.807, 2.05) is 0 Å². The van der Waals surface area contributed by atoms with E-state index in [2.05, 4.69) is 25.4 Å². The first-order chi connectivity index (χ1) is 18.4. The zero-order valence-corrected chi connectivity index (χ0v) is 23.3. The first-order valence-corrected chi connectivity index (χ1v) is 14.4. The number of ether oxygens (including phenoxy) is 1. The van der Waals surface area contributed by atoms with Gasteiger partial charge in [-0.25, -0.2) is 36.8 Å². The topological polar surface area (TPSA) is 120 Å². The molecule has 0 aliphatic carbocycles. The molecule has 1 saturated heterocycles. The van der Waals surface area contributed by atoms with Crippen molar-refractivity contribution in [2.45, 2.75) is 38.8 Å². The molecule has 11 nitrogen and oxygen atoms in total. The highest BCUT2D eigenvalue weighted by molar-refractivity contribution is 7.92. The molecular weight excluding hydrogens is 554 g/mol. The van der Waals surface area contributed by atoms with Gasteiger partial charge in [-0.15, -0.1) is 0 Å². The van der Waals surface area contributed by atoms with Crippen LogP contribution in [0.4, 0.5) is 25.8 Å². The molecule has 5 rings (SSSR count). The van der Waals surface area contributed by atoms with Gasteiger partial charge >= 0.3 is 0 Å². The van der Waals surface area contributed by atoms with Crippen LogP contribution in [0.2, 0.25) is 5.15 Å². The maximum Gasteiger partial charge on any atom is 0.295 e. The second-order valence-electron chi connectivity index (χ2n) is 9.32. The quantitative estimate of drug-likeness (QED) is 0.304. The van der Waals surface area contributed by atoms with Gasteiger partial charge in [0.1, 0.15) is 22.7 Å². The molecule has 0 spiro atoms. The molecule has 208 valence electrons. The molecule has 0 radical (unpaired) electrons. The summed E-state index contributed by atoms with van der Waals surface area (Å²) in [5.74, 6) is 0.634. The van der Waals surface area contributed by atoms with Gasteiger partial charge in [0.15, 0.2) is 17.3 Å². The zero-order valence-electron chi connectivity index (χ0n) is 21.7. The van der Waals surface area contributed by atoms with E-state index in [1.165, 1.54) is 17.7 Å². The molecule has 1 unspecified atom stereocenters. The van der Waals surface area contributed by atoms with Gasteiger partial charge in [0.05, 0.1) is 23.3 Å². The average molecular weight is 581 g/mol. The number of fused-ring (bicyclic) bond motifs is 1. The Morgan fingerprint density at radius 2 is 1.95 bits per heavy atom. The molecular formula is C24H27ClF2N8O3S. The third-order valence-electron chi connectivity index (χ3n) is 6.51. The van der Waals surface area contributed by atoms with E-state index >= 15 is 0 Å². The summed E-state index contributed by atoms with van der Waals surface area (Å²) in [7, 11) is -0.519. The van der Waals surface area contributed by atoms with E-state index in [1.54, 1.807) is 36.9 Å². The number of alkyl halides is 2. The summed E-state index contributed by atoms with van der Waals surface area (Å²) in [6.45, 7) is 2.20. The smallest absolute Gasteiger partial charge is 0.295 e. The van der Waals surface area contributed by atoms with Crippen LogP contribution in [0.5, 0.6) is 0 Å². The predicted octanol–water partition coefficient (Wildman–Crippen LogP) is 4.96. The summed E-state index contributed by atoms with van der Waals surface area (Å²) >= 11 is 6.34. The Labute approximate surface area is 228 Å². The number of aryl methyl sites for hydroxylation is 2. The lowest BCUT2D eigenvalue weighted by molar-refractivity contribution is -0.0363. The Morgan fingerprint density at radius 3 is 2.56 bits per heavy atom. The van der Waals surface area contributed by atoms with Crippen molar-refractivity contribution in [1.82, 2.24) is 29.3 Å². The monoisotopic (exact) mass is 580 g/mol. The van der Waals surface area contributed by atoms with E-state index in [4.69, 9.17) is 16.3 Å². The lowest BCUT2D eigenvalue weighted by Gasteiger charge is -2.25. The molecule has 1 fully saturated rings. The summed E-state index contributed by atoms with van der Waals surface area (Å²) in [5.41, 5.74) is 1.89. The molecule has 15 heteroatoms. The molecule has 1 N–H and O–H groups in total. The average Bonchev–Trinajstić information content (AvgIpc) is 3.43. The van der Waals surface area contributed by atoms with Crippen molar-refractivity contribution in [3.8, 4) is 11.4 Å². The molecule has 4 heterocycles. The van der Waals surface area contributed by atoms with Gasteiger partial charge in [0.2, 0.25) is 10.0 Å². The highest BCUT2D eigenvalue weighted by atomic mass is 35.5. The van der Waals surface area contributed by atoms with E-state index in [0.717, 1.165) is 23.4 Å². The van der Waals surface area contributed by atoms with Crippen LogP contribution in [0.3, 0.4) is 0 Å². The third-order valence-corrected chi connectivity index (χ3v) is 7.90. The van der Waals surface area contributed by atoms with Crippen LogP contribution >= 0.6 is 11.6 Å². The molecule has 1 aliphatic heterocycles. The van der Waals surface area contributed by atoms with Gasteiger partial charge in [-0.2, -0.15) is 5.10 Å². The third kappa shape index (κ3) is 5.28. The van der Waals surface area contributed by atoms with Crippen LogP contribution in [-0.4, -0.2) is 57.6 Å². The number of anilines is 3. The number of nitrogens with one attached hydrogen (secondary N) is 1. The number of aromatic nitrogens is 6. The fourth-order valence-electron chi connectivity index (χ4n) is 4.63. The molecule has 1 aliphatic rings. The van der Waals surface area contributed by atoms with Crippen molar-refractivity contribution in [2.75, 3.05) is 29.5 Å². The van der Waals surface area contributed by atoms with Gasteiger partial charge < -0.3 is 10.1 Å². The molecule has 39 heavy (non-hydrogen) atoms. The van der Waals surface area contributed by atoms with E-state index < -0.39 is 28.5 Å². The Hall–Kier alpha value is -3.36. The van der Waals surface area contributed by atoms with Crippen LogP contribution in [0.25, 0.3) is 22.6 Å². The molecule has 1 atom stereocenters. The number of halogens is 3. The number of nitrogens with zero attached hydrogens (tertiary/aromatic N) is 7. The largest absolute Gasteiger partial charge is 0.358 e. The van der Waals surface area contributed by atoms with Crippen LogP contribution in [0, 0.1) is 6.92 Å². The molecule has 0 saturated carbocycles. The SMILES string of the molecule is Cc1nc(-c2ccc(Nc3cc(Cl)nc4c3nc(C(F)F)n4C3CCCCO3)c(N(C)S(C)(=O)=O)c2)n(C)n1. The van der Waals surface area contributed by atoms with Crippen molar-refractivity contribution in [2.24, 2.45) is 7.05 Å². The van der Waals surface area contributed by atoms with Crippen LogP contribution in [-0.2, 0) is 21.8 Å². The Balaban J connectivity index is 1.65. The number of sulfonamides is 1. The Kier molecular flexibility index (Phi) is 7.20. The Bertz CT molecular complexity index is 1650. The Morgan fingerprint density at radius 1 is 1.18 bits per heavy atom. The number of benzene rings is 1. The van der Waals surface area contributed by atoms with Gasteiger partial charge in [-0.05, 0) is 44.4 Å². The summed E-state index contributed by atoms with van der Waals surface area (Å²) in [4.78, 5) is 13.0. The number of hydrogen-bond donors (Lipinski definition) is 1. The minimum Gasteiger partial charge on any atom is -0.358 e. The highest BCUT2D eigenvalue weighted by Crippen LogP contribution is 2.39. The second-order valence-corrected chi connectivity index (χ2v) is 11.7. The number of rotatable bonds is 7. The van der Waals surface area contributed by atoms with Crippen LogP contribution in [0.15, 0.2) is 24.3 Å². The normalized spacial score (nSPS) is 16.3. The van der Waals surface area contributed by atoms with Gasteiger partial charge in [-0.1, -0.05) is 11.6 Å². The van der Waals surface area contributed by atoms with Crippen LogP contribution < -0.4 is 9.62 Å².